The number of aryl methyl sites for hydroxylation is 2. The van der Waals surface area contributed by atoms with Crippen LogP contribution in [-0.2, 0) is 7.05 Å². The molecule has 0 bridgehead atoms. The summed E-state index contributed by atoms with van der Waals surface area (Å²) in [7, 11) is 1.92. The third kappa shape index (κ3) is 3.38. The highest BCUT2D eigenvalue weighted by atomic mass is 15.3. The number of nitrogens with two attached hydrogens (primary N) is 1. The molecular weight excluding hydrogens is 176 g/mol. The van der Waals surface area contributed by atoms with Crippen LogP contribution in [0.3, 0.4) is 0 Å². The molecule has 3 N–H and O–H groups in total. The van der Waals surface area contributed by atoms with Gasteiger partial charge in [0.05, 0.1) is 11.4 Å². The molecular formula is C10H20N4. The van der Waals surface area contributed by atoms with Crippen molar-refractivity contribution in [1.82, 2.24) is 9.78 Å². The Labute approximate surface area is 85.5 Å². The Balaban J connectivity index is 2.42. The Morgan fingerprint density at radius 3 is 2.64 bits per heavy atom. The van der Waals surface area contributed by atoms with Gasteiger partial charge in [0.25, 0.3) is 0 Å². The lowest BCUT2D eigenvalue weighted by Gasteiger charge is -2.18. The molecule has 0 aromatic carbocycles. The van der Waals surface area contributed by atoms with Crippen molar-refractivity contribution in [2.75, 3.05) is 11.9 Å². The van der Waals surface area contributed by atoms with E-state index in [0.29, 0.717) is 0 Å². The molecule has 0 aliphatic rings. The highest BCUT2D eigenvalue weighted by Gasteiger charge is 2.10. The van der Waals surface area contributed by atoms with Crippen molar-refractivity contribution in [3.8, 4) is 0 Å². The smallest absolute Gasteiger partial charge is 0.0824 e. The lowest BCUT2D eigenvalue weighted by molar-refractivity contribution is 0.491. The van der Waals surface area contributed by atoms with Gasteiger partial charge in [-0.15, -0.1) is 0 Å². The van der Waals surface area contributed by atoms with E-state index >= 15 is 0 Å². The lowest BCUT2D eigenvalue weighted by atomic mass is 10.0. The molecule has 0 aliphatic heterocycles. The maximum atomic E-state index is 5.88. The minimum absolute atomic E-state index is 0.108. The Bertz CT molecular complexity index is 296. The second kappa shape index (κ2) is 4.00. The predicted octanol–water partition coefficient (Wildman–Crippen LogP) is 1.27. The number of rotatable bonds is 4. The molecule has 4 heteroatoms. The van der Waals surface area contributed by atoms with Crippen molar-refractivity contribution < 1.29 is 0 Å². The molecule has 0 unspecified atom stereocenters. The third-order valence-corrected chi connectivity index (χ3v) is 2.10. The number of nitrogens with zero attached hydrogens (tertiary/aromatic N) is 2. The van der Waals surface area contributed by atoms with Crippen molar-refractivity contribution in [1.29, 1.82) is 0 Å². The van der Waals surface area contributed by atoms with Gasteiger partial charge in [-0.25, -0.2) is 0 Å². The number of nitrogens with one attached hydrogen (secondary N) is 1. The summed E-state index contributed by atoms with van der Waals surface area (Å²) >= 11 is 0. The van der Waals surface area contributed by atoms with Gasteiger partial charge in [-0.3, -0.25) is 4.68 Å². The maximum absolute atomic E-state index is 5.88. The average Bonchev–Trinajstić information content (AvgIpc) is 2.27. The molecule has 0 fully saturated rings. The predicted molar refractivity (Wildman–Crippen MR) is 59.3 cm³/mol. The van der Waals surface area contributed by atoms with Crippen LogP contribution >= 0.6 is 0 Å². The van der Waals surface area contributed by atoms with Crippen LogP contribution in [0.4, 0.5) is 5.69 Å². The first-order valence-electron chi connectivity index (χ1n) is 4.91. The van der Waals surface area contributed by atoms with Gasteiger partial charge in [-0.2, -0.15) is 5.10 Å². The molecule has 4 nitrogen and oxygen atoms in total. The van der Waals surface area contributed by atoms with E-state index in [1.54, 1.807) is 0 Å². The fourth-order valence-electron chi connectivity index (χ4n) is 1.29. The molecule has 0 radical (unpaired) electrons. The third-order valence-electron chi connectivity index (χ3n) is 2.10. The number of anilines is 1. The largest absolute Gasteiger partial charge is 0.382 e. The minimum atomic E-state index is -0.108. The van der Waals surface area contributed by atoms with E-state index in [1.807, 2.05) is 38.7 Å². The number of hydrogen-bond acceptors (Lipinski definition) is 3. The molecule has 1 aromatic rings. The molecule has 0 atom stereocenters. The second-order valence-electron chi connectivity index (χ2n) is 4.47. The van der Waals surface area contributed by atoms with Gasteiger partial charge >= 0.3 is 0 Å². The van der Waals surface area contributed by atoms with Crippen molar-refractivity contribution in [2.45, 2.75) is 32.7 Å². The van der Waals surface area contributed by atoms with Gasteiger partial charge in [-0.1, -0.05) is 0 Å². The van der Waals surface area contributed by atoms with Crippen LogP contribution in [0.25, 0.3) is 0 Å². The maximum Gasteiger partial charge on any atom is 0.0824 e. The lowest BCUT2D eigenvalue weighted by Crippen LogP contribution is -2.34. The first kappa shape index (κ1) is 11.0. The summed E-state index contributed by atoms with van der Waals surface area (Å²) in [5, 5.41) is 7.58. The summed E-state index contributed by atoms with van der Waals surface area (Å²) in [4.78, 5) is 0. The molecule has 0 saturated carbocycles. The molecule has 0 aliphatic carbocycles. The number of hydrogen-bond donors (Lipinski definition) is 2. The zero-order chi connectivity index (χ0) is 10.8. The Kier molecular flexibility index (Phi) is 3.16. The van der Waals surface area contributed by atoms with Crippen LogP contribution in [0, 0.1) is 6.92 Å². The summed E-state index contributed by atoms with van der Waals surface area (Å²) in [6.45, 7) is 6.95. The van der Waals surface area contributed by atoms with Gasteiger partial charge in [0.15, 0.2) is 0 Å². The highest BCUT2D eigenvalue weighted by Crippen LogP contribution is 2.12. The number of aromatic nitrogens is 2. The van der Waals surface area contributed by atoms with Crippen LogP contribution in [0.1, 0.15) is 26.0 Å². The first-order valence-corrected chi connectivity index (χ1v) is 4.91. The van der Waals surface area contributed by atoms with E-state index in [0.717, 1.165) is 24.3 Å². The van der Waals surface area contributed by atoms with Gasteiger partial charge in [0, 0.05) is 25.3 Å². The topological polar surface area (TPSA) is 55.9 Å². The summed E-state index contributed by atoms with van der Waals surface area (Å²) in [6, 6.07) is 0. The average molecular weight is 196 g/mol. The minimum Gasteiger partial charge on any atom is -0.382 e. The molecule has 1 rings (SSSR count). The van der Waals surface area contributed by atoms with E-state index in [9.17, 15) is 0 Å². The van der Waals surface area contributed by atoms with E-state index < -0.39 is 0 Å². The summed E-state index contributed by atoms with van der Waals surface area (Å²) in [5.74, 6) is 0. The van der Waals surface area contributed by atoms with Gasteiger partial charge in [0.2, 0.25) is 0 Å². The zero-order valence-electron chi connectivity index (χ0n) is 9.46. The molecule has 14 heavy (non-hydrogen) atoms. The molecule has 0 saturated heterocycles. The molecule has 0 amide bonds. The van der Waals surface area contributed by atoms with Crippen molar-refractivity contribution in [3.63, 3.8) is 0 Å². The van der Waals surface area contributed by atoms with Crippen LogP contribution in [0.15, 0.2) is 6.20 Å². The first-order chi connectivity index (χ1) is 6.38. The van der Waals surface area contributed by atoms with E-state index in [2.05, 4.69) is 10.4 Å². The quantitative estimate of drug-likeness (QED) is 0.762. The molecule has 80 valence electrons. The summed E-state index contributed by atoms with van der Waals surface area (Å²) in [6.07, 6.45) is 2.93. The van der Waals surface area contributed by atoms with Gasteiger partial charge < -0.3 is 11.1 Å². The standard InChI is InChI=1S/C10H20N4/c1-8-9(7-14(4)13-8)12-6-5-10(2,3)11/h7,12H,5-6,11H2,1-4H3. The van der Waals surface area contributed by atoms with Crippen LogP contribution in [0.5, 0.6) is 0 Å². The Hall–Kier alpha value is -1.03. The van der Waals surface area contributed by atoms with Crippen LogP contribution < -0.4 is 11.1 Å². The summed E-state index contributed by atoms with van der Waals surface area (Å²) < 4.78 is 1.81. The van der Waals surface area contributed by atoms with Crippen molar-refractivity contribution >= 4 is 5.69 Å². The highest BCUT2D eigenvalue weighted by molar-refractivity contribution is 5.45. The Morgan fingerprint density at radius 2 is 2.21 bits per heavy atom. The van der Waals surface area contributed by atoms with Crippen molar-refractivity contribution in [2.24, 2.45) is 12.8 Å². The van der Waals surface area contributed by atoms with Gasteiger partial charge in [-0.05, 0) is 27.2 Å². The van der Waals surface area contributed by atoms with Gasteiger partial charge in [0.1, 0.15) is 0 Å². The van der Waals surface area contributed by atoms with Crippen LogP contribution in [-0.4, -0.2) is 21.9 Å². The molecule has 1 heterocycles. The fraction of sp³-hybridized carbons (Fsp3) is 0.700. The van der Waals surface area contributed by atoms with E-state index in [-0.39, 0.29) is 5.54 Å². The SMILES string of the molecule is Cc1nn(C)cc1NCCC(C)(C)N. The van der Waals surface area contributed by atoms with Crippen molar-refractivity contribution in [3.05, 3.63) is 11.9 Å². The normalized spacial score (nSPS) is 11.8. The fourth-order valence-corrected chi connectivity index (χ4v) is 1.29. The zero-order valence-corrected chi connectivity index (χ0v) is 9.46. The van der Waals surface area contributed by atoms with E-state index in [4.69, 9.17) is 5.73 Å². The Morgan fingerprint density at radius 1 is 1.57 bits per heavy atom. The molecule has 1 aromatic heterocycles. The second-order valence-corrected chi connectivity index (χ2v) is 4.47. The monoisotopic (exact) mass is 196 g/mol. The molecule has 0 spiro atoms. The van der Waals surface area contributed by atoms with Crippen LogP contribution in [0.2, 0.25) is 0 Å². The van der Waals surface area contributed by atoms with E-state index in [1.165, 1.54) is 0 Å². The summed E-state index contributed by atoms with van der Waals surface area (Å²) in [5.41, 5.74) is 7.90.